The molecule has 21 heavy (non-hydrogen) atoms. The first-order chi connectivity index (χ1) is 10.2. The molecule has 0 bridgehead atoms. The summed E-state index contributed by atoms with van der Waals surface area (Å²) in [6.45, 7) is 0. The maximum Gasteiger partial charge on any atom is 0.319 e. The van der Waals surface area contributed by atoms with Crippen molar-refractivity contribution in [1.82, 2.24) is 14.7 Å². The maximum atomic E-state index is 12.2. The van der Waals surface area contributed by atoms with Crippen LogP contribution in [0.5, 0.6) is 0 Å². The van der Waals surface area contributed by atoms with Crippen LogP contribution in [0.3, 0.4) is 0 Å². The number of aromatic nitrogens is 2. The van der Waals surface area contributed by atoms with Crippen LogP contribution < -0.4 is 16.2 Å². The monoisotopic (exact) mass is 286 g/mol. The van der Waals surface area contributed by atoms with Crippen LogP contribution in [0.1, 0.15) is 32.1 Å². The number of pyridine rings is 1. The molecule has 1 aliphatic rings. The van der Waals surface area contributed by atoms with Gasteiger partial charge < -0.3 is 10.6 Å². The Morgan fingerprint density at radius 3 is 2.86 bits per heavy atom. The van der Waals surface area contributed by atoms with Crippen molar-refractivity contribution in [3.63, 3.8) is 0 Å². The largest absolute Gasteiger partial charge is 0.335 e. The lowest BCUT2D eigenvalue weighted by Crippen LogP contribution is -2.40. The average Bonchev–Trinajstić information content (AvgIpc) is 2.51. The number of anilines is 1. The zero-order valence-corrected chi connectivity index (χ0v) is 11.7. The van der Waals surface area contributed by atoms with Gasteiger partial charge in [-0.05, 0) is 25.0 Å². The van der Waals surface area contributed by atoms with Crippen LogP contribution in [0.2, 0.25) is 0 Å². The van der Waals surface area contributed by atoms with Crippen molar-refractivity contribution in [1.29, 1.82) is 0 Å². The fourth-order valence-corrected chi connectivity index (χ4v) is 2.70. The number of hydrogen-bond donors (Lipinski definition) is 2. The van der Waals surface area contributed by atoms with Gasteiger partial charge >= 0.3 is 6.03 Å². The van der Waals surface area contributed by atoms with Gasteiger partial charge in [-0.25, -0.2) is 9.78 Å². The molecular weight excluding hydrogens is 268 g/mol. The van der Waals surface area contributed by atoms with E-state index in [4.69, 9.17) is 0 Å². The number of hydrogen-bond acceptors (Lipinski definition) is 3. The molecule has 0 atom stereocenters. The lowest BCUT2D eigenvalue weighted by Gasteiger charge is -2.22. The summed E-state index contributed by atoms with van der Waals surface area (Å²) in [5.74, 6) is 0. The van der Waals surface area contributed by atoms with E-state index < -0.39 is 0 Å². The average molecular weight is 286 g/mol. The molecule has 1 fully saturated rings. The first-order valence-electron chi connectivity index (χ1n) is 7.28. The molecule has 1 saturated carbocycles. The molecule has 2 N–H and O–H groups in total. The van der Waals surface area contributed by atoms with Gasteiger partial charge in [0.25, 0.3) is 5.56 Å². The van der Waals surface area contributed by atoms with Crippen LogP contribution in [0.25, 0.3) is 5.65 Å². The number of fused-ring (bicyclic) bond motifs is 1. The molecule has 2 aromatic heterocycles. The van der Waals surface area contributed by atoms with Crippen LogP contribution >= 0.6 is 0 Å². The van der Waals surface area contributed by atoms with Gasteiger partial charge in [0.05, 0.1) is 6.20 Å². The third-order valence-electron chi connectivity index (χ3n) is 3.80. The molecule has 2 amide bonds. The second kappa shape index (κ2) is 5.95. The van der Waals surface area contributed by atoms with Gasteiger partial charge in [0.2, 0.25) is 0 Å². The predicted molar refractivity (Wildman–Crippen MR) is 80.5 cm³/mol. The number of rotatable bonds is 2. The smallest absolute Gasteiger partial charge is 0.319 e. The molecule has 0 unspecified atom stereocenters. The molecule has 1 aliphatic carbocycles. The molecule has 6 nitrogen and oxygen atoms in total. The Labute approximate surface area is 122 Å². The Balaban J connectivity index is 1.73. The summed E-state index contributed by atoms with van der Waals surface area (Å²) >= 11 is 0. The van der Waals surface area contributed by atoms with E-state index in [0.29, 0.717) is 5.65 Å². The number of carbonyl (C=O) groups is 1. The highest BCUT2D eigenvalue weighted by Gasteiger charge is 2.16. The van der Waals surface area contributed by atoms with E-state index in [1.165, 1.54) is 17.0 Å². The summed E-state index contributed by atoms with van der Waals surface area (Å²) in [5, 5.41) is 5.52. The minimum absolute atomic E-state index is 0.187. The SMILES string of the molecule is O=C(Nc1cnc2ccccn2c1=O)NC1CCCCC1. The second-order valence-corrected chi connectivity index (χ2v) is 5.34. The number of nitrogens with zero attached hydrogens (tertiary/aromatic N) is 2. The van der Waals surface area contributed by atoms with Crippen molar-refractivity contribution in [3.05, 3.63) is 40.9 Å². The number of nitrogens with one attached hydrogen (secondary N) is 2. The summed E-state index contributed by atoms with van der Waals surface area (Å²) in [5.41, 5.74) is 0.465. The molecule has 6 heteroatoms. The molecule has 110 valence electrons. The molecule has 3 rings (SSSR count). The van der Waals surface area contributed by atoms with Crippen molar-refractivity contribution in [2.75, 3.05) is 5.32 Å². The minimum atomic E-state index is -0.336. The van der Waals surface area contributed by atoms with Crippen molar-refractivity contribution in [2.45, 2.75) is 38.1 Å². The standard InChI is InChI=1S/C15H18N4O2/c20-14-12(10-16-13-8-4-5-9-19(13)14)18-15(21)17-11-6-2-1-3-7-11/h4-5,8-11H,1-3,6-7H2,(H2,17,18,21). The Morgan fingerprint density at radius 2 is 2.05 bits per heavy atom. The van der Waals surface area contributed by atoms with Gasteiger partial charge in [-0.1, -0.05) is 25.3 Å². The lowest BCUT2D eigenvalue weighted by atomic mass is 9.96. The van der Waals surface area contributed by atoms with Crippen molar-refractivity contribution >= 4 is 17.4 Å². The highest BCUT2D eigenvalue weighted by atomic mass is 16.2. The molecule has 2 heterocycles. The number of urea groups is 1. The third kappa shape index (κ3) is 3.04. The molecule has 0 radical (unpaired) electrons. The zero-order chi connectivity index (χ0) is 14.7. The maximum absolute atomic E-state index is 12.2. The fourth-order valence-electron chi connectivity index (χ4n) is 2.70. The van der Waals surface area contributed by atoms with Crippen molar-refractivity contribution in [3.8, 4) is 0 Å². The summed E-state index contributed by atoms with van der Waals surface area (Å²) in [6.07, 6.45) is 8.56. The Bertz CT molecular complexity index is 704. The zero-order valence-electron chi connectivity index (χ0n) is 11.7. The quantitative estimate of drug-likeness (QED) is 0.888. The normalized spacial score (nSPS) is 15.8. The van der Waals surface area contributed by atoms with Gasteiger partial charge in [0, 0.05) is 12.2 Å². The van der Waals surface area contributed by atoms with E-state index in [2.05, 4.69) is 15.6 Å². The molecular formula is C15H18N4O2. The highest BCUT2D eigenvalue weighted by Crippen LogP contribution is 2.17. The summed E-state index contributed by atoms with van der Waals surface area (Å²) in [4.78, 5) is 28.4. The topological polar surface area (TPSA) is 75.5 Å². The van der Waals surface area contributed by atoms with E-state index in [9.17, 15) is 9.59 Å². The minimum Gasteiger partial charge on any atom is -0.335 e. The van der Waals surface area contributed by atoms with E-state index in [-0.39, 0.29) is 23.3 Å². The van der Waals surface area contributed by atoms with Gasteiger partial charge in [-0.3, -0.25) is 9.20 Å². The Kier molecular flexibility index (Phi) is 3.85. The summed E-state index contributed by atoms with van der Waals surface area (Å²) in [6, 6.07) is 5.17. The molecule has 0 aromatic carbocycles. The van der Waals surface area contributed by atoms with Gasteiger partial charge in [0.1, 0.15) is 11.3 Å². The van der Waals surface area contributed by atoms with Crippen LogP contribution in [-0.4, -0.2) is 21.5 Å². The van der Waals surface area contributed by atoms with E-state index in [1.54, 1.807) is 18.3 Å². The van der Waals surface area contributed by atoms with Gasteiger partial charge in [-0.2, -0.15) is 0 Å². The van der Waals surface area contributed by atoms with Crippen LogP contribution in [0.15, 0.2) is 35.4 Å². The second-order valence-electron chi connectivity index (χ2n) is 5.34. The van der Waals surface area contributed by atoms with E-state index in [1.807, 2.05) is 6.07 Å². The lowest BCUT2D eigenvalue weighted by molar-refractivity contribution is 0.244. The highest BCUT2D eigenvalue weighted by molar-refractivity contribution is 5.89. The molecule has 0 spiro atoms. The van der Waals surface area contributed by atoms with E-state index >= 15 is 0 Å². The van der Waals surface area contributed by atoms with Crippen LogP contribution in [0, 0.1) is 0 Å². The van der Waals surface area contributed by atoms with Crippen molar-refractivity contribution < 1.29 is 4.79 Å². The van der Waals surface area contributed by atoms with Crippen LogP contribution in [0.4, 0.5) is 10.5 Å². The van der Waals surface area contributed by atoms with Gasteiger partial charge in [-0.15, -0.1) is 0 Å². The first-order valence-corrected chi connectivity index (χ1v) is 7.28. The molecule has 0 saturated heterocycles. The predicted octanol–water partition coefficient (Wildman–Crippen LogP) is 2.15. The number of amides is 2. The van der Waals surface area contributed by atoms with Gasteiger partial charge in [0.15, 0.2) is 0 Å². The van der Waals surface area contributed by atoms with E-state index in [0.717, 1.165) is 25.7 Å². The first kappa shape index (κ1) is 13.6. The molecule has 0 aliphatic heterocycles. The summed E-state index contributed by atoms with van der Waals surface area (Å²) in [7, 11) is 0. The van der Waals surface area contributed by atoms with Crippen molar-refractivity contribution in [2.24, 2.45) is 0 Å². The Hall–Kier alpha value is -2.37. The molecule has 2 aromatic rings. The fraction of sp³-hybridized carbons (Fsp3) is 0.400. The third-order valence-corrected chi connectivity index (χ3v) is 3.80. The number of carbonyl (C=O) groups excluding carboxylic acids is 1. The summed E-state index contributed by atoms with van der Waals surface area (Å²) < 4.78 is 1.41. The van der Waals surface area contributed by atoms with Crippen LogP contribution in [-0.2, 0) is 0 Å². The Morgan fingerprint density at radius 1 is 1.24 bits per heavy atom.